The summed E-state index contributed by atoms with van der Waals surface area (Å²) < 4.78 is 20.3. The molecule has 4 rings (SSSR count). The molecule has 4 radical (unpaired) electrons. The number of morpholine rings is 1. The standard InChI is InChI=1S/C26H29B2FN4O4/c1-30-24(35)22(6-3-11-34)33-25(36)19-4-2-5-21(23(19)26(33,27)28)31-15-18-8-7-17(14-20(18)29)16-32-9-12-37-13-10-32/h2,4-5,7-8,11,14,22,31H,3,6,9-10,12-13,15-16H2,1H3,(H,30,35). The van der Waals surface area contributed by atoms with E-state index in [1.54, 1.807) is 24.3 Å². The molecule has 0 spiro atoms. The molecule has 2 heterocycles. The molecule has 2 amide bonds. The number of aldehydes is 1. The molecule has 2 aromatic carbocycles. The number of benzene rings is 2. The zero-order valence-electron chi connectivity index (χ0n) is 20.8. The van der Waals surface area contributed by atoms with Crippen LogP contribution in [0.15, 0.2) is 36.4 Å². The number of hydrogen-bond donors (Lipinski definition) is 2. The van der Waals surface area contributed by atoms with Crippen LogP contribution in [0.4, 0.5) is 10.1 Å². The van der Waals surface area contributed by atoms with Crippen molar-refractivity contribution in [1.82, 2.24) is 15.1 Å². The van der Waals surface area contributed by atoms with Gasteiger partial charge in [0.15, 0.2) is 0 Å². The first kappa shape index (κ1) is 26.9. The molecule has 1 atom stereocenters. The van der Waals surface area contributed by atoms with Gasteiger partial charge in [-0.25, -0.2) is 4.39 Å². The second-order valence-corrected chi connectivity index (χ2v) is 9.27. The summed E-state index contributed by atoms with van der Waals surface area (Å²) in [6, 6.07) is 9.08. The third-order valence-electron chi connectivity index (χ3n) is 6.83. The lowest BCUT2D eigenvalue weighted by Gasteiger charge is -2.39. The van der Waals surface area contributed by atoms with E-state index in [4.69, 9.17) is 20.4 Å². The summed E-state index contributed by atoms with van der Waals surface area (Å²) in [5, 5.41) is 3.85. The second kappa shape index (κ2) is 11.5. The molecule has 0 aromatic heterocycles. The van der Waals surface area contributed by atoms with E-state index in [9.17, 15) is 18.8 Å². The monoisotopic (exact) mass is 502 g/mol. The van der Waals surface area contributed by atoms with Crippen LogP contribution in [0.3, 0.4) is 0 Å². The Kier molecular flexibility index (Phi) is 8.34. The Balaban J connectivity index is 1.54. The number of carbonyl (C=O) groups excluding carboxylic acids is 3. The highest BCUT2D eigenvalue weighted by molar-refractivity contribution is 6.43. The van der Waals surface area contributed by atoms with Crippen LogP contribution in [0.5, 0.6) is 0 Å². The van der Waals surface area contributed by atoms with Crippen LogP contribution in [-0.4, -0.2) is 83.0 Å². The Hall–Kier alpha value is -3.17. The third-order valence-corrected chi connectivity index (χ3v) is 6.83. The summed E-state index contributed by atoms with van der Waals surface area (Å²) in [6.45, 7) is 3.77. The Morgan fingerprint density at radius 1 is 1.24 bits per heavy atom. The molecular weight excluding hydrogens is 473 g/mol. The van der Waals surface area contributed by atoms with Gasteiger partial charge in [-0.1, -0.05) is 18.2 Å². The van der Waals surface area contributed by atoms with E-state index in [1.165, 1.54) is 13.1 Å². The Morgan fingerprint density at radius 2 is 2.00 bits per heavy atom. The molecule has 0 aliphatic carbocycles. The predicted octanol–water partition coefficient (Wildman–Crippen LogP) is 1.27. The molecule has 0 bridgehead atoms. The molecule has 1 saturated heterocycles. The maximum atomic E-state index is 14.9. The van der Waals surface area contributed by atoms with E-state index < -0.39 is 23.2 Å². The highest BCUT2D eigenvalue weighted by Crippen LogP contribution is 2.41. The molecule has 2 aliphatic heterocycles. The van der Waals surface area contributed by atoms with E-state index >= 15 is 0 Å². The van der Waals surface area contributed by atoms with E-state index in [-0.39, 0.29) is 30.8 Å². The van der Waals surface area contributed by atoms with Crippen molar-refractivity contribution in [2.45, 2.75) is 37.3 Å². The Morgan fingerprint density at radius 3 is 2.68 bits per heavy atom. The Bertz CT molecular complexity index is 1170. The number of halogens is 1. The lowest BCUT2D eigenvalue weighted by molar-refractivity contribution is -0.126. The van der Waals surface area contributed by atoms with Crippen LogP contribution >= 0.6 is 0 Å². The van der Waals surface area contributed by atoms with Gasteiger partial charge in [-0.3, -0.25) is 14.5 Å². The smallest absolute Gasteiger partial charge is 0.254 e. The molecule has 1 unspecified atom stereocenters. The summed E-state index contributed by atoms with van der Waals surface area (Å²) in [5.74, 6) is -1.33. The highest BCUT2D eigenvalue weighted by atomic mass is 19.1. The van der Waals surface area contributed by atoms with E-state index in [0.717, 1.165) is 23.6 Å². The van der Waals surface area contributed by atoms with Crippen molar-refractivity contribution in [3.05, 3.63) is 64.5 Å². The quantitative estimate of drug-likeness (QED) is 0.376. The van der Waals surface area contributed by atoms with Crippen LogP contribution < -0.4 is 10.6 Å². The number of nitrogens with zero attached hydrogens (tertiary/aromatic N) is 2. The predicted molar refractivity (Wildman–Crippen MR) is 139 cm³/mol. The largest absolute Gasteiger partial charge is 0.381 e. The summed E-state index contributed by atoms with van der Waals surface area (Å²) in [5.41, 5.74) is 2.34. The number of likely N-dealkylation sites (N-methyl/N-ethyl adjacent to an activating group) is 1. The fourth-order valence-corrected chi connectivity index (χ4v) is 4.94. The average Bonchev–Trinajstić information content (AvgIpc) is 3.10. The fourth-order valence-electron chi connectivity index (χ4n) is 4.94. The van der Waals surface area contributed by atoms with Crippen molar-refractivity contribution < 1.29 is 23.5 Å². The van der Waals surface area contributed by atoms with E-state index in [0.29, 0.717) is 42.9 Å². The van der Waals surface area contributed by atoms with Gasteiger partial charge in [0.05, 0.1) is 28.9 Å². The topological polar surface area (TPSA) is 91.0 Å². The first-order valence-corrected chi connectivity index (χ1v) is 12.3. The molecule has 2 aromatic rings. The van der Waals surface area contributed by atoms with Gasteiger partial charge in [0, 0.05) is 56.5 Å². The van der Waals surface area contributed by atoms with Crippen LogP contribution in [0.2, 0.25) is 0 Å². The first-order valence-electron chi connectivity index (χ1n) is 12.3. The lowest BCUT2D eigenvalue weighted by Crippen LogP contribution is -2.56. The van der Waals surface area contributed by atoms with Gasteiger partial charge in [-0.2, -0.15) is 0 Å². The van der Waals surface area contributed by atoms with E-state index in [1.807, 2.05) is 6.07 Å². The summed E-state index contributed by atoms with van der Waals surface area (Å²) in [4.78, 5) is 40.2. The SMILES string of the molecule is [B]C1([B])c2c(NCc3ccc(CN4CCOCC4)cc3F)cccc2C(=O)N1C(CCC=O)C(=O)NC. The number of rotatable bonds is 10. The summed E-state index contributed by atoms with van der Waals surface area (Å²) in [6.07, 6.45) is 0.802. The molecule has 190 valence electrons. The lowest BCUT2D eigenvalue weighted by atomic mass is 9.57. The van der Waals surface area contributed by atoms with Gasteiger partial charge in [0.2, 0.25) is 5.91 Å². The van der Waals surface area contributed by atoms with Crippen LogP contribution in [-0.2, 0) is 32.8 Å². The zero-order chi connectivity index (χ0) is 26.6. The molecular formula is C26H29B2FN4O4. The number of carbonyl (C=O) groups is 3. The minimum atomic E-state index is -1.82. The molecule has 0 saturated carbocycles. The van der Waals surface area contributed by atoms with Crippen molar-refractivity contribution in [3.8, 4) is 0 Å². The van der Waals surface area contributed by atoms with Crippen LogP contribution in [0, 0.1) is 5.82 Å². The minimum absolute atomic E-state index is 0.0558. The second-order valence-electron chi connectivity index (χ2n) is 9.27. The van der Waals surface area contributed by atoms with Gasteiger partial charge >= 0.3 is 0 Å². The minimum Gasteiger partial charge on any atom is -0.381 e. The van der Waals surface area contributed by atoms with Gasteiger partial charge in [0.25, 0.3) is 5.91 Å². The third kappa shape index (κ3) is 5.57. The van der Waals surface area contributed by atoms with E-state index in [2.05, 4.69) is 15.5 Å². The van der Waals surface area contributed by atoms with Gasteiger partial charge in [0.1, 0.15) is 18.1 Å². The van der Waals surface area contributed by atoms with Crippen molar-refractivity contribution in [3.63, 3.8) is 0 Å². The maximum absolute atomic E-state index is 14.9. The molecule has 1 fully saturated rings. The van der Waals surface area contributed by atoms with Crippen molar-refractivity contribution in [2.24, 2.45) is 0 Å². The molecule has 11 heteroatoms. The average molecular weight is 502 g/mol. The number of fused-ring (bicyclic) bond motifs is 1. The number of hydrogen-bond acceptors (Lipinski definition) is 6. The normalized spacial score (nSPS) is 17.8. The van der Waals surface area contributed by atoms with Crippen LogP contribution in [0.1, 0.15) is 39.9 Å². The zero-order valence-corrected chi connectivity index (χ0v) is 20.8. The molecule has 8 nitrogen and oxygen atoms in total. The Labute approximate surface area is 218 Å². The highest BCUT2D eigenvalue weighted by Gasteiger charge is 2.48. The number of amides is 2. The summed E-state index contributed by atoms with van der Waals surface area (Å²) >= 11 is 0. The van der Waals surface area contributed by atoms with Crippen LogP contribution in [0.25, 0.3) is 0 Å². The van der Waals surface area contributed by atoms with Crippen molar-refractivity contribution >= 4 is 39.5 Å². The maximum Gasteiger partial charge on any atom is 0.254 e. The van der Waals surface area contributed by atoms with Gasteiger partial charge < -0.3 is 25.1 Å². The molecule has 2 aliphatic rings. The molecule has 37 heavy (non-hydrogen) atoms. The number of ether oxygens (including phenoxy) is 1. The van der Waals surface area contributed by atoms with Crippen molar-refractivity contribution in [1.29, 1.82) is 0 Å². The van der Waals surface area contributed by atoms with Gasteiger partial charge in [-0.05, 0) is 41.1 Å². The summed E-state index contributed by atoms with van der Waals surface area (Å²) in [7, 11) is 14.4. The molecule has 2 N–H and O–H groups in total. The van der Waals surface area contributed by atoms with Gasteiger partial charge in [-0.15, -0.1) is 0 Å². The fraction of sp³-hybridized carbons (Fsp3) is 0.423. The number of anilines is 1. The number of nitrogens with one attached hydrogen (secondary N) is 2. The first-order chi connectivity index (χ1) is 17.8. The van der Waals surface area contributed by atoms with Crippen molar-refractivity contribution in [2.75, 3.05) is 38.7 Å².